The summed E-state index contributed by atoms with van der Waals surface area (Å²) in [6, 6.07) is 10.2. The molecule has 1 aromatic rings. The molecule has 3 rings (SSSR count). The van der Waals surface area contributed by atoms with Crippen LogP contribution in [0, 0.1) is 5.92 Å². The van der Waals surface area contributed by atoms with Gasteiger partial charge in [-0.1, -0.05) is 50.1 Å². The Hall–Kier alpha value is -0.350. The molecule has 1 aliphatic heterocycles. The third-order valence-corrected chi connectivity index (χ3v) is 5.54. The lowest BCUT2D eigenvalue weighted by atomic mass is 10.1. The summed E-state index contributed by atoms with van der Waals surface area (Å²) in [4.78, 5) is 14.8. The van der Waals surface area contributed by atoms with Crippen molar-refractivity contribution in [3.63, 3.8) is 0 Å². The van der Waals surface area contributed by atoms with Gasteiger partial charge < -0.3 is 4.90 Å². The van der Waals surface area contributed by atoms with Crippen molar-refractivity contribution in [3.8, 4) is 0 Å². The van der Waals surface area contributed by atoms with E-state index in [0.29, 0.717) is 4.83 Å². The number of carbonyl (C=O) groups excluding carboxylic acids is 1. The molecule has 84 valence electrons. The number of alkyl halides is 2. The van der Waals surface area contributed by atoms with Crippen LogP contribution in [0.1, 0.15) is 6.42 Å². The predicted molar refractivity (Wildman–Crippen MR) is 71.3 cm³/mol. The molecular weight excluding hydrogens is 334 g/mol. The summed E-state index contributed by atoms with van der Waals surface area (Å²) in [5, 5.41) is 0. The van der Waals surface area contributed by atoms with Gasteiger partial charge in [0.1, 0.15) is 0 Å². The highest BCUT2D eigenvalue weighted by Crippen LogP contribution is 2.47. The predicted octanol–water partition coefficient (Wildman–Crippen LogP) is 2.95. The van der Waals surface area contributed by atoms with E-state index in [1.807, 2.05) is 35.2 Å². The maximum absolute atomic E-state index is 12.2. The molecule has 0 unspecified atom stereocenters. The number of para-hydroxylation sites is 1. The van der Waals surface area contributed by atoms with E-state index < -0.39 is 0 Å². The summed E-state index contributed by atoms with van der Waals surface area (Å²) in [5.41, 5.74) is 1.01. The van der Waals surface area contributed by atoms with Crippen LogP contribution in [0.3, 0.4) is 0 Å². The monoisotopic (exact) mass is 343 g/mol. The molecule has 1 saturated carbocycles. The Labute approximate surface area is 111 Å². The standard InChI is InChI=1S/C12H11Br2NO/c13-9-6-8-10(14)11(9)15(12(8)16)7-4-2-1-3-5-7/h1-5,8-11H,6H2/t8-,9-,10-,11+/m0/s1. The largest absolute Gasteiger partial charge is 0.307 e. The van der Waals surface area contributed by atoms with Gasteiger partial charge in [-0.15, -0.1) is 0 Å². The maximum atomic E-state index is 12.2. The molecule has 16 heavy (non-hydrogen) atoms. The summed E-state index contributed by atoms with van der Waals surface area (Å²) in [6.07, 6.45) is 0.947. The van der Waals surface area contributed by atoms with Crippen LogP contribution in [0.15, 0.2) is 30.3 Å². The molecule has 1 amide bonds. The van der Waals surface area contributed by atoms with Crippen molar-refractivity contribution in [1.29, 1.82) is 0 Å². The second-order valence-electron chi connectivity index (χ2n) is 4.34. The van der Waals surface area contributed by atoms with Crippen molar-refractivity contribution in [2.24, 2.45) is 5.92 Å². The van der Waals surface area contributed by atoms with E-state index in [2.05, 4.69) is 31.9 Å². The highest BCUT2D eigenvalue weighted by Gasteiger charge is 2.56. The lowest BCUT2D eigenvalue weighted by molar-refractivity contribution is -0.121. The van der Waals surface area contributed by atoms with Gasteiger partial charge in [-0.3, -0.25) is 4.79 Å². The van der Waals surface area contributed by atoms with Crippen molar-refractivity contribution < 1.29 is 4.79 Å². The molecule has 0 aromatic heterocycles. The van der Waals surface area contributed by atoms with Gasteiger partial charge >= 0.3 is 0 Å². The first-order valence-corrected chi connectivity index (χ1v) is 7.19. The first-order valence-electron chi connectivity index (χ1n) is 5.36. The lowest BCUT2D eigenvalue weighted by Crippen LogP contribution is -2.43. The number of carbonyl (C=O) groups is 1. The van der Waals surface area contributed by atoms with Crippen LogP contribution in [0.5, 0.6) is 0 Å². The molecular formula is C12H11Br2NO. The fraction of sp³-hybridized carbons (Fsp3) is 0.417. The molecule has 1 heterocycles. The molecule has 2 fully saturated rings. The van der Waals surface area contributed by atoms with Crippen molar-refractivity contribution in [2.75, 3.05) is 4.90 Å². The molecule has 2 bridgehead atoms. The van der Waals surface area contributed by atoms with Crippen molar-refractivity contribution in [3.05, 3.63) is 30.3 Å². The molecule has 0 N–H and O–H groups in total. The number of amides is 1. The number of hydrogen-bond acceptors (Lipinski definition) is 1. The zero-order chi connectivity index (χ0) is 11.3. The molecule has 1 aliphatic carbocycles. The van der Waals surface area contributed by atoms with Crippen LogP contribution in [0.25, 0.3) is 0 Å². The molecule has 0 spiro atoms. The number of hydrogen-bond donors (Lipinski definition) is 0. The fourth-order valence-corrected chi connectivity index (χ4v) is 5.13. The van der Waals surface area contributed by atoms with Gasteiger partial charge in [0, 0.05) is 15.3 Å². The van der Waals surface area contributed by atoms with E-state index in [0.717, 1.165) is 12.1 Å². The minimum Gasteiger partial charge on any atom is -0.307 e. The SMILES string of the molecule is O=C1[C@H]2C[C@H](Br)[C@H]([C@H]2Br)N1c1ccccc1. The maximum Gasteiger partial charge on any atom is 0.231 e. The second kappa shape index (κ2) is 3.84. The highest BCUT2D eigenvalue weighted by atomic mass is 79.9. The van der Waals surface area contributed by atoms with Crippen LogP contribution >= 0.6 is 31.9 Å². The number of benzene rings is 1. The number of halogens is 2. The number of fused-ring (bicyclic) bond motifs is 2. The molecule has 1 aromatic carbocycles. The normalized spacial score (nSPS) is 37.1. The third-order valence-electron chi connectivity index (χ3n) is 3.45. The zero-order valence-corrected chi connectivity index (χ0v) is 11.7. The van der Waals surface area contributed by atoms with E-state index in [-0.39, 0.29) is 22.7 Å². The van der Waals surface area contributed by atoms with Gasteiger partial charge in [-0.2, -0.15) is 0 Å². The van der Waals surface area contributed by atoms with Gasteiger partial charge in [-0.05, 0) is 18.6 Å². The van der Waals surface area contributed by atoms with E-state index in [9.17, 15) is 4.79 Å². The topological polar surface area (TPSA) is 20.3 Å². The van der Waals surface area contributed by atoms with Gasteiger partial charge in [0.2, 0.25) is 5.91 Å². The Balaban J connectivity index is 2.01. The molecule has 4 heteroatoms. The Morgan fingerprint density at radius 2 is 1.88 bits per heavy atom. The second-order valence-corrected chi connectivity index (χ2v) is 6.57. The fourth-order valence-electron chi connectivity index (χ4n) is 2.70. The summed E-state index contributed by atoms with van der Waals surface area (Å²) >= 11 is 7.33. The lowest BCUT2D eigenvalue weighted by Gasteiger charge is -2.30. The minimum atomic E-state index is 0.134. The quantitative estimate of drug-likeness (QED) is 0.717. The van der Waals surface area contributed by atoms with Crippen molar-refractivity contribution in [1.82, 2.24) is 0 Å². The smallest absolute Gasteiger partial charge is 0.231 e. The summed E-state index contributed by atoms with van der Waals surface area (Å²) in [6.45, 7) is 0. The van der Waals surface area contributed by atoms with E-state index in [4.69, 9.17) is 0 Å². The Morgan fingerprint density at radius 3 is 2.50 bits per heavy atom. The first kappa shape index (κ1) is 10.8. The summed E-state index contributed by atoms with van der Waals surface area (Å²) < 4.78 is 0. The number of rotatable bonds is 1. The average Bonchev–Trinajstić information content (AvgIpc) is 2.70. The van der Waals surface area contributed by atoms with Crippen molar-refractivity contribution in [2.45, 2.75) is 22.1 Å². The number of nitrogens with zero attached hydrogens (tertiary/aromatic N) is 1. The Morgan fingerprint density at radius 1 is 1.19 bits per heavy atom. The van der Waals surface area contributed by atoms with Gasteiger partial charge in [0.25, 0.3) is 0 Å². The van der Waals surface area contributed by atoms with Gasteiger partial charge in [0.15, 0.2) is 0 Å². The van der Waals surface area contributed by atoms with Crippen LogP contribution in [-0.4, -0.2) is 21.6 Å². The Kier molecular flexibility index (Phi) is 2.59. The highest BCUT2D eigenvalue weighted by molar-refractivity contribution is 9.10. The average molecular weight is 345 g/mol. The van der Waals surface area contributed by atoms with E-state index >= 15 is 0 Å². The molecule has 2 aliphatic rings. The zero-order valence-electron chi connectivity index (χ0n) is 8.51. The van der Waals surface area contributed by atoms with Crippen LogP contribution in [0.4, 0.5) is 5.69 Å². The van der Waals surface area contributed by atoms with Gasteiger partial charge in [-0.25, -0.2) is 0 Å². The van der Waals surface area contributed by atoms with E-state index in [1.54, 1.807) is 0 Å². The summed E-state index contributed by atoms with van der Waals surface area (Å²) in [5.74, 6) is 0.392. The summed E-state index contributed by atoms with van der Waals surface area (Å²) in [7, 11) is 0. The minimum absolute atomic E-state index is 0.134. The molecule has 0 radical (unpaired) electrons. The van der Waals surface area contributed by atoms with Crippen molar-refractivity contribution >= 4 is 43.5 Å². The van der Waals surface area contributed by atoms with Crippen LogP contribution in [-0.2, 0) is 4.79 Å². The molecule has 1 saturated heterocycles. The molecule has 4 atom stereocenters. The number of piperidine rings is 1. The van der Waals surface area contributed by atoms with Crippen LogP contribution in [0.2, 0.25) is 0 Å². The van der Waals surface area contributed by atoms with Crippen LogP contribution < -0.4 is 4.90 Å². The molecule has 2 nitrogen and oxygen atoms in total. The van der Waals surface area contributed by atoms with Gasteiger partial charge in [0.05, 0.1) is 12.0 Å². The number of anilines is 1. The third kappa shape index (κ3) is 1.39. The Bertz CT molecular complexity index is 422. The van der Waals surface area contributed by atoms with E-state index in [1.165, 1.54) is 0 Å². The first-order chi connectivity index (χ1) is 7.70.